The summed E-state index contributed by atoms with van der Waals surface area (Å²) in [5.74, 6) is 0.773. The fourth-order valence-electron chi connectivity index (χ4n) is 4.55. The average Bonchev–Trinajstić information content (AvgIpc) is 2.89. The molecule has 0 saturated carbocycles. The molecule has 0 bridgehead atoms. The summed E-state index contributed by atoms with van der Waals surface area (Å²) in [5.41, 5.74) is 1.29. The average molecular weight is 409 g/mol. The van der Waals surface area contributed by atoms with Gasteiger partial charge in [-0.3, -0.25) is 14.2 Å². The molecule has 2 aliphatic heterocycles. The van der Waals surface area contributed by atoms with E-state index in [1.54, 1.807) is 17.6 Å². The van der Waals surface area contributed by atoms with Gasteiger partial charge in [0.15, 0.2) is 5.78 Å². The van der Waals surface area contributed by atoms with Crippen molar-refractivity contribution in [2.24, 2.45) is 0 Å². The lowest BCUT2D eigenvalue weighted by atomic mass is 9.84. The molecule has 1 unspecified atom stereocenters. The summed E-state index contributed by atoms with van der Waals surface area (Å²) in [5, 5.41) is 0. The first-order valence-electron chi connectivity index (χ1n) is 10.5. The molecule has 0 aliphatic carbocycles. The SMILES string of the molecule is Cc1cc(C)n(CCC(=O)N2CCCC3(CC2)CC(=O)c2ccccc2O3)c(=O)n1. The maximum atomic E-state index is 12.8. The normalized spacial score (nSPS) is 21.1. The molecule has 1 atom stereocenters. The highest BCUT2D eigenvalue weighted by molar-refractivity contribution is 6.00. The third-order valence-electron chi connectivity index (χ3n) is 6.14. The molecule has 1 aromatic carbocycles. The second kappa shape index (κ2) is 8.05. The third-order valence-corrected chi connectivity index (χ3v) is 6.14. The standard InChI is InChI=1S/C23H27N3O4/c1-16-14-17(2)26(22(29)24-16)12-8-21(28)25-11-5-9-23(10-13-25)15-19(27)18-6-3-4-7-20(18)30-23/h3-4,6-7,14H,5,8-13,15H2,1-2H3. The van der Waals surface area contributed by atoms with Crippen molar-refractivity contribution in [3.8, 4) is 5.75 Å². The van der Waals surface area contributed by atoms with Crippen LogP contribution in [0.5, 0.6) is 5.75 Å². The van der Waals surface area contributed by atoms with Crippen molar-refractivity contribution in [2.75, 3.05) is 13.1 Å². The second-order valence-corrected chi connectivity index (χ2v) is 8.34. The number of aromatic nitrogens is 2. The zero-order valence-electron chi connectivity index (χ0n) is 17.5. The highest BCUT2D eigenvalue weighted by atomic mass is 16.5. The molecule has 0 N–H and O–H groups in total. The predicted octanol–water partition coefficient (Wildman–Crippen LogP) is 2.67. The number of nitrogens with zero attached hydrogens (tertiary/aromatic N) is 3. The van der Waals surface area contributed by atoms with E-state index in [-0.39, 0.29) is 23.8 Å². The molecule has 2 aliphatic rings. The van der Waals surface area contributed by atoms with Crippen molar-refractivity contribution in [2.45, 2.75) is 58.1 Å². The summed E-state index contributed by atoms with van der Waals surface area (Å²) < 4.78 is 7.84. The van der Waals surface area contributed by atoms with Gasteiger partial charge in [0.1, 0.15) is 11.4 Å². The number of para-hydroxylation sites is 1. The lowest BCUT2D eigenvalue weighted by Crippen LogP contribution is -2.43. The Kier molecular flexibility index (Phi) is 5.45. The molecule has 158 valence electrons. The van der Waals surface area contributed by atoms with Crippen LogP contribution in [-0.2, 0) is 11.3 Å². The quantitative estimate of drug-likeness (QED) is 0.779. The van der Waals surface area contributed by atoms with Crippen molar-refractivity contribution in [3.05, 3.63) is 57.8 Å². The number of Topliss-reactive ketones (excluding diaryl/α,β-unsaturated/α-hetero) is 1. The van der Waals surface area contributed by atoms with E-state index in [9.17, 15) is 14.4 Å². The molecular formula is C23H27N3O4. The van der Waals surface area contributed by atoms with Crippen LogP contribution >= 0.6 is 0 Å². The van der Waals surface area contributed by atoms with Crippen LogP contribution in [0.15, 0.2) is 35.1 Å². The Labute approximate surface area is 175 Å². The van der Waals surface area contributed by atoms with Crippen LogP contribution in [0.2, 0.25) is 0 Å². The predicted molar refractivity (Wildman–Crippen MR) is 112 cm³/mol. The summed E-state index contributed by atoms with van der Waals surface area (Å²) in [4.78, 5) is 43.4. The van der Waals surface area contributed by atoms with E-state index < -0.39 is 5.60 Å². The van der Waals surface area contributed by atoms with Crippen molar-refractivity contribution in [1.82, 2.24) is 14.5 Å². The number of fused-ring (bicyclic) bond motifs is 1. The molecule has 1 fully saturated rings. The van der Waals surface area contributed by atoms with E-state index in [0.29, 0.717) is 49.5 Å². The molecule has 1 aromatic heterocycles. The lowest BCUT2D eigenvalue weighted by molar-refractivity contribution is -0.131. The summed E-state index contributed by atoms with van der Waals surface area (Å²) in [6, 6.07) is 9.22. The fourth-order valence-corrected chi connectivity index (χ4v) is 4.55. The minimum atomic E-state index is -0.533. The molecule has 2 aromatic rings. The van der Waals surface area contributed by atoms with Gasteiger partial charge in [0.2, 0.25) is 5.91 Å². The van der Waals surface area contributed by atoms with Gasteiger partial charge < -0.3 is 9.64 Å². The topological polar surface area (TPSA) is 81.5 Å². The van der Waals surface area contributed by atoms with Crippen LogP contribution in [0.1, 0.15) is 53.8 Å². The van der Waals surface area contributed by atoms with Crippen LogP contribution in [0, 0.1) is 13.8 Å². The third kappa shape index (κ3) is 4.01. The monoisotopic (exact) mass is 409 g/mol. The van der Waals surface area contributed by atoms with E-state index in [1.807, 2.05) is 36.1 Å². The van der Waals surface area contributed by atoms with Gasteiger partial charge in [0, 0.05) is 43.9 Å². The minimum absolute atomic E-state index is 0.0152. The molecule has 1 spiro atoms. The Morgan fingerprint density at radius 2 is 1.97 bits per heavy atom. The van der Waals surface area contributed by atoms with Gasteiger partial charge in [0.05, 0.1) is 12.0 Å². The molecule has 7 nitrogen and oxygen atoms in total. The van der Waals surface area contributed by atoms with Crippen LogP contribution in [0.25, 0.3) is 0 Å². The van der Waals surface area contributed by atoms with Crippen LogP contribution in [0.3, 0.4) is 0 Å². The number of ketones is 1. The second-order valence-electron chi connectivity index (χ2n) is 8.34. The maximum absolute atomic E-state index is 12.8. The highest BCUT2D eigenvalue weighted by Crippen LogP contribution is 2.39. The first-order valence-corrected chi connectivity index (χ1v) is 10.5. The van der Waals surface area contributed by atoms with Crippen LogP contribution in [-0.4, -0.2) is 44.8 Å². The number of likely N-dealkylation sites (tertiary alicyclic amines) is 1. The van der Waals surface area contributed by atoms with Crippen molar-refractivity contribution in [1.29, 1.82) is 0 Å². The number of carbonyl (C=O) groups excluding carboxylic acids is 2. The van der Waals surface area contributed by atoms with Crippen molar-refractivity contribution in [3.63, 3.8) is 0 Å². The zero-order valence-corrected chi connectivity index (χ0v) is 17.5. The van der Waals surface area contributed by atoms with E-state index in [2.05, 4.69) is 4.98 Å². The summed E-state index contributed by atoms with van der Waals surface area (Å²) in [6.07, 6.45) is 2.77. The maximum Gasteiger partial charge on any atom is 0.347 e. The number of benzene rings is 1. The molecule has 1 saturated heterocycles. The first kappa shape index (κ1) is 20.3. The minimum Gasteiger partial charge on any atom is -0.486 e. The van der Waals surface area contributed by atoms with Crippen molar-refractivity contribution < 1.29 is 14.3 Å². The first-order chi connectivity index (χ1) is 14.4. The summed E-state index contributed by atoms with van der Waals surface area (Å²) in [6.45, 7) is 5.15. The van der Waals surface area contributed by atoms with Gasteiger partial charge in [-0.2, -0.15) is 4.98 Å². The molecule has 7 heteroatoms. The van der Waals surface area contributed by atoms with Crippen molar-refractivity contribution >= 4 is 11.7 Å². The largest absolute Gasteiger partial charge is 0.486 e. The Balaban J connectivity index is 1.41. The molecular weight excluding hydrogens is 382 g/mol. The van der Waals surface area contributed by atoms with Gasteiger partial charge in [0.25, 0.3) is 0 Å². The van der Waals surface area contributed by atoms with E-state index in [1.165, 1.54) is 0 Å². The smallest absolute Gasteiger partial charge is 0.347 e. The highest BCUT2D eigenvalue weighted by Gasteiger charge is 2.41. The number of carbonyl (C=O) groups is 2. The van der Waals surface area contributed by atoms with Crippen LogP contribution < -0.4 is 10.4 Å². The van der Waals surface area contributed by atoms with Gasteiger partial charge >= 0.3 is 5.69 Å². The Bertz CT molecular complexity index is 1040. The number of rotatable bonds is 3. The van der Waals surface area contributed by atoms with Gasteiger partial charge in [-0.05, 0) is 44.9 Å². The van der Waals surface area contributed by atoms with E-state index >= 15 is 0 Å². The number of hydrogen-bond acceptors (Lipinski definition) is 5. The summed E-state index contributed by atoms with van der Waals surface area (Å²) >= 11 is 0. The number of aryl methyl sites for hydroxylation is 2. The molecule has 30 heavy (non-hydrogen) atoms. The van der Waals surface area contributed by atoms with Gasteiger partial charge in [-0.25, -0.2) is 4.79 Å². The van der Waals surface area contributed by atoms with E-state index in [0.717, 1.165) is 18.5 Å². The molecule has 1 amide bonds. The number of ether oxygens (including phenoxy) is 1. The lowest BCUT2D eigenvalue weighted by Gasteiger charge is -2.37. The van der Waals surface area contributed by atoms with Crippen LogP contribution in [0.4, 0.5) is 0 Å². The van der Waals surface area contributed by atoms with Gasteiger partial charge in [-0.15, -0.1) is 0 Å². The zero-order chi connectivity index (χ0) is 21.3. The summed E-state index contributed by atoms with van der Waals surface area (Å²) in [7, 11) is 0. The Hall–Kier alpha value is -2.96. The number of amides is 1. The molecule has 3 heterocycles. The fraction of sp³-hybridized carbons (Fsp3) is 0.478. The van der Waals surface area contributed by atoms with Gasteiger partial charge in [-0.1, -0.05) is 12.1 Å². The van der Waals surface area contributed by atoms with E-state index in [4.69, 9.17) is 4.74 Å². The molecule has 0 radical (unpaired) electrons. The number of hydrogen-bond donors (Lipinski definition) is 0. The Morgan fingerprint density at radius 1 is 1.17 bits per heavy atom. The Morgan fingerprint density at radius 3 is 2.77 bits per heavy atom. The molecule has 4 rings (SSSR count).